The van der Waals surface area contributed by atoms with E-state index in [0.29, 0.717) is 6.54 Å². The summed E-state index contributed by atoms with van der Waals surface area (Å²) in [5.41, 5.74) is 6.82. The van der Waals surface area contributed by atoms with Gasteiger partial charge in [0.15, 0.2) is 0 Å². The van der Waals surface area contributed by atoms with Crippen molar-refractivity contribution in [2.45, 2.75) is 37.0 Å². The lowest BCUT2D eigenvalue weighted by Gasteiger charge is -2.28. The standard InChI is InChI=1S/C16H21N3O2S.ClH/c17-12-16(8-1-2-9-16)19-22(20,21)11-14-6-3-5-13-7-4-10-18-15(13)14;/h3-7,10,19H,1-2,8-9,11-12,17H2;1H. The highest BCUT2D eigenvalue weighted by Crippen LogP contribution is 2.30. The first-order valence-corrected chi connectivity index (χ1v) is 9.23. The SMILES string of the molecule is Cl.NCC1(NS(=O)(=O)Cc2cccc3cccnc23)CCCC1. The van der Waals surface area contributed by atoms with E-state index in [2.05, 4.69) is 9.71 Å². The smallest absolute Gasteiger partial charge is 0.216 e. The first-order chi connectivity index (χ1) is 10.5. The van der Waals surface area contributed by atoms with Gasteiger partial charge in [0, 0.05) is 23.7 Å². The summed E-state index contributed by atoms with van der Waals surface area (Å²) in [6, 6.07) is 9.40. The Morgan fingerprint density at radius 3 is 2.57 bits per heavy atom. The normalized spacial score (nSPS) is 17.1. The van der Waals surface area contributed by atoms with Crippen LogP contribution in [0, 0.1) is 0 Å². The number of sulfonamides is 1. The zero-order valence-electron chi connectivity index (χ0n) is 12.9. The molecule has 7 heteroatoms. The molecule has 0 amide bonds. The van der Waals surface area contributed by atoms with Crippen LogP contribution in [0.5, 0.6) is 0 Å². The van der Waals surface area contributed by atoms with E-state index >= 15 is 0 Å². The van der Waals surface area contributed by atoms with Crippen molar-refractivity contribution in [2.24, 2.45) is 5.73 Å². The number of halogens is 1. The van der Waals surface area contributed by atoms with Gasteiger partial charge < -0.3 is 5.73 Å². The van der Waals surface area contributed by atoms with Gasteiger partial charge in [-0.05, 0) is 24.5 Å². The quantitative estimate of drug-likeness (QED) is 0.862. The number of aromatic nitrogens is 1. The van der Waals surface area contributed by atoms with E-state index in [-0.39, 0.29) is 18.2 Å². The van der Waals surface area contributed by atoms with Gasteiger partial charge in [-0.1, -0.05) is 37.1 Å². The molecule has 3 N–H and O–H groups in total. The first kappa shape index (κ1) is 18.1. The number of para-hydroxylation sites is 1. The van der Waals surface area contributed by atoms with Crippen molar-refractivity contribution in [1.82, 2.24) is 9.71 Å². The Kier molecular flexibility index (Phi) is 5.62. The van der Waals surface area contributed by atoms with Crippen molar-refractivity contribution < 1.29 is 8.42 Å². The summed E-state index contributed by atoms with van der Waals surface area (Å²) < 4.78 is 28.0. The molecule has 1 aromatic heterocycles. The first-order valence-electron chi connectivity index (χ1n) is 7.58. The highest BCUT2D eigenvalue weighted by Gasteiger charge is 2.36. The van der Waals surface area contributed by atoms with Crippen LogP contribution in [0.1, 0.15) is 31.2 Å². The lowest BCUT2D eigenvalue weighted by atomic mass is 10.0. The van der Waals surface area contributed by atoms with Crippen LogP contribution in [0.2, 0.25) is 0 Å². The maximum Gasteiger partial charge on any atom is 0.216 e. The van der Waals surface area contributed by atoms with Crippen LogP contribution >= 0.6 is 12.4 Å². The molecule has 0 radical (unpaired) electrons. The van der Waals surface area contributed by atoms with Crippen LogP contribution < -0.4 is 10.5 Å². The molecule has 1 fully saturated rings. The van der Waals surface area contributed by atoms with Crippen molar-refractivity contribution in [3.8, 4) is 0 Å². The van der Waals surface area contributed by atoms with Gasteiger partial charge >= 0.3 is 0 Å². The maximum atomic E-state index is 12.6. The summed E-state index contributed by atoms with van der Waals surface area (Å²) in [7, 11) is -3.45. The molecule has 0 unspecified atom stereocenters. The number of benzene rings is 1. The number of hydrogen-bond donors (Lipinski definition) is 2. The van der Waals surface area contributed by atoms with Crippen LogP contribution in [0.15, 0.2) is 36.5 Å². The molecule has 0 spiro atoms. The topological polar surface area (TPSA) is 85.1 Å². The summed E-state index contributed by atoms with van der Waals surface area (Å²) in [6.45, 7) is 0.347. The van der Waals surface area contributed by atoms with Crippen molar-refractivity contribution in [3.05, 3.63) is 42.1 Å². The minimum atomic E-state index is -3.45. The summed E-state index contributed by atoms with van der Waals surface area (Å²) >= 11 is 0. The molecule has 1 aliphatic carbocycles. The van der Waals surface area contributed by atoms with Gasteiger partial charge in [0.2, 0.25) is 10.0 Å². The van der Waals surface area contributed by atoms with E-state index in [0.717, 1.165) is 42.1 Å². The zero-order chi connectivity index (χ0) is 15.6. The zero-order valence-corrected chi connectivity index (χ0v) is 14.5. The van der Waals surface area contributed by atoms with E-state index in [1.807, 2.05) is 30.3 Å². The van der Waals surface area contributed by atoms with Crippen LogP contribution in [0.4, 0.5) is 0 Å². The lowest BCUT2D eigenvalue weighted by molar-refractivity contribution is 0.399. The Balaban J connectivity index is 0.00000192. The fourth-order valence-corrected chi connectivity index (χ4v) is 4.92. The molecule has 1 heterocycles. The van der Waals surface area contributed by atoms with Gasteiger partial charge in [-0.3, -0.25) is 4.98 Å². The molecular weight excluding hydrogens is 334 g/mol. The number of hydrogen-bond acceptors (Lipinski definition) is 4. The second-order valence-corrected chi connectivity index (χ2v) is 7.77. The fraction of sp³-hybridized carbons (Fsp3) is 0.438. The highest BCUT2D eigenvalue weighted by atomic mass is 35.5. The highest BCUT2D eigenvalue weighted by molar-refractivity contribution is 7.88. The third-order valence-electron chi connectivity index (χ3n) is 4.39. The van der Waals surface area contributed by atoms with E-state index in [9.17, 15) is 8.42 Å². The van der Waals surface area contributed by atoms with Crippen molar-refractivity contribution in [3.63, 3.8) is 0 Å². The van der Waals surface area contributed by atoms with Crippen LogP contribution in [-0.2, 0) is 15.8 Å². The lowest BCUT2D eigenvalue weighted by Crippen LogP contribution is -2.51. The second-order valence-electron chi connectivity index (χ2n) is 6.04. The molecule has 1 aromatic carbocycles. The predicted octanol–water partition coefficient (Wildman–Crippen LogP) is 2.35. The average molecular weight is 356 g/mol. The third-order valence-corrected chi connectivity index (χ3v) is 5.82. The van der Waals surface area contributed by atoms with Gasteiger partial charge in [-0.2, -0.15) is 0 Å². The molecule has 0 saturated heterocycles. The van der Waals surface area contributed by atoms with Crippen molar-refractivity contribution in [1.29, 1.82) is 0 Å². The molecule has 23 heavy (non-hydrogen) atoms. The minimum Gasteiger partial charge on any atom is -0.329 e. The Hall–Kier alpha value is -1.21. The average Bonchev–Trinajstić information content (AvgIpc) is 2.95. The fourth-order valence-electron chi connectivity index (χ4n) is 3.25. The van der Waals surface area contributed by atoms with Gasteiger partial charge in [0.05, 0.1) is 11.3 Å². The molecule has 0 aliphatic heterocycles. The summed E-state index contributed by atoms with van der Waals surface area (Å²) in [4.78, 5) is 4.32. The molecular formula is C16H22ClN3O2S. The maximum absolute atomic E-state index is 12.6. The summed E-state index contributed by atoms with van der Waals surface area (Å²) in [5, 5.41) is 0.949. The Labute approximate surface area is 143 Å². The molecule has 0 atom stereocenters. The third kappa shape index (κ3) is 4.01. The molecule has 3 rings (SSSR count). The summed E-state index contributed by atoms with van der Waals surface area (Å²) in [5.74, 6) is -0.0664. The van der Waals surface area contributed by atoms with Gasteiger partial charge in [0.25, 0.3) is 0 Å². The number of nitrogens with zero attached hydrogens (tertiary/aromatic N) is 1. The van der Waals surface area contributed by atoms with Gasteiger partial charge in [0.1, 0.15) is 0 Å². The number of rotatable bonds is 5. The van der Waals surface area contributed by atoms with E-state index in [4.69, 9.17) is 5.73 Å². The largest absolute Gasteiger partial charge is 0.329 e. The van der Waals surface area contributed by atoms with Crippen LogP contribution in [0.3, 0.4) is 0 Å². The van der Waals surface area contributed by atoms with Gasteiger partial charge in [-0.15, -0.1) is 12.4 Å². The Morgan fingerprint density at radius 1 is 1.17 bits per heavy atom. The number of fused-ring (bicyclic) bond motifs is 1. The van der Waals surface area contributed by atoms with E-state index in [1.165, 1.54) is 0 Å². The molecule has 1 aliphatic rings. The van der Waals surface area contributed by atoms with Crippen LogP contribution in [-0.4, -0.2) is 25.5 Å². The van der Waals surface area contributed by atoms with E-state index in [1.54, 1.807) is 6.20 Å². The number of nitrogens with two attached hydrogens (primary N) is 1. The molecule has 126 valence electrons. The predicted molar refractivity (Wildman–Crippen MR) is 95.0 cm³/mol. The van der Waals surface area contributed by atoms with Crippen molar-refractivity contribution in [2.75, 3.05) is 6.54 Å². The molecule has 5 nitrogen and oxygen atoms in total. The monoisotopic (exact) mass is 355 g/mol. The minimum absolute atomic E-state index is 0. The number of pyridine rings is 1. The van der Waals surface area contributed by atoms with Gasteiger partial charge in [-0.25, -0.2) is 13.1 Å². The van der Waals surface area contributed by atoms with Crippen molar-refractivity contribution >= 4 is 33.3 Å². The molecule has 1 saturated carbocycles. The summed E-state index contributed by atoms with van der Waals surface area (Å²) in [6.07, 6.45) is 5.36. The number of nitrogens with one attached hydrogen (secondary N) is 1. The Morgan fingerprint density at radius 2 is 1.87 bits per heavy atom. The Bertz CT molecular complexity index is 768. The molecule has 0 bridgehead atoms. The molecule has 2 aromatic rings. The van der Waals surface area contributed by atoms with E-state index < -0.39 is 15.6 Å². The van der Waals surface area contributed by atoms with Crippen LogP contribution in [0.25, 0.3) is 10.9 Å². The second kappa shape index (κ2) is 7.13.